The third kappa shape index (κ3) is 1.84. The van der Waals surface area contributed by atoms with Gasteiger partial charge in [-0.05, 0) is 54.5 Å². The number of benzene rings is 2. The van der Waals surface area contributed by atoms with Crippen LogP contribution in [0.4, 0.5) is 5.69 Å². The SMILES string of the molecule is Nc1ccc2c(c1)CCC2(O)c1cccc2c1OCCC2. The lowest BCUT2D eigenvalue weighted by molar-refractivity contribution is 0.0782. The molecule has 1 heterocycles. The van der Waals surface area contributed by atoms with Crippen LogP contribution in [0.3, 0.4) is 0 Å². The molecule has 0 bridgehead atoms. The van der Waals surface area contributed by atoms with E-state index in [1.807, 2.05) is 30.3 Å². The largest absolute Gasteiger partial charge is 0.493 e. The van der Waals surface area contributed by atoms with E-state index >= 15 is 0 Å². The van der Waals surface area contributed by atoms with Crippen molar-refractivity contribution in [3.8, 4) is 5.75 Å². The molecule has 0 saturated carbocycles. The van der Waals surface area contributed by atoms with E-state index in [1.54, 1.807) is 0 Å². The summed E-state index contributed by atoms with van der Waals surface area (Å²) in [5, 5.41) is 11.3. The topological polar surface area (TPSA) is 55.5 Å². The van der Waals surface area contributed by atoms with Crippen LogP contribution >= 0.6 is 0 Å². The zero-order valence-corrected chi connectivity index (χ0v) is 11.9. The van der Waals surface area contributed by atoms with Gasteiger partial charge in [0.15, 0.2) is 0 Å². The summed E-state index contributed by atoms with van der Waals surface area (Å²) >= 11 is 0. The fourth-order valence-corrected chi connectivity index (χ4v) is 3.67. The monoisotopic (exact) mass is 281 g/mol. The molecular weight excluding hydrogens is 262 g/mol. The standard InChI is InChI=1S/C18H19NO2/c19-14-6-7-15-13(11-14)8-9-18(15,20)16-5-1-3-12-4-2-10-21-17(12)16/h1,3,5-7,11,20H,2,4,8-10,19H2. The van der Waals surface area contributed by atoms with Gasteiger partial charge in [-0.2, -0.15) is 0 Å². The Bertz CT molecular complexity index is 710. The number of hydrogen-bond donors (Lipinski definition) is 2. The van der Waals surface area contributed by atoms with Gasteiger partial charge in [-0.15, -0.1) is 0 Å². The first-order valence-electron chi connectivity index (χ1n) is 7.55. The highest BCUT2D eigenvalue weighted by Gasteiger charge is 2.41. The number of nitrogen functional groups attached to an aromatic ring is 1. The number of rotatable bonds is 1. The molecule has 0 amide bonds. The van der Waals surface area contributed by atoms with E-state index in [-0.39, 0.29) is 0 Å². The Morgan fingerprint density at radius 1 is 1.05 bits per heavy atom. The van der Waals surface area contributed by atoms with Crippen molar-refractivity contribution in [2.24, 2.45) is 0 Å². The van der Waals surface area contributed by atoms with Crippen molar-refractivity contribution >= 4 is 5.69 Å². The zero-order valence-electron chi connectivity index (χ0n) is 11.9. The highest BCUT2D eigenvalue weighted by Crippen LogP contribution is 2.47. The van der Waals surface area contributed by atoms with Gasteiger partial charge in [0.25, 0.3) is 0 Å². The fraction of sp³-hybridized carbons (Fsp3) is 0.333. The van der Waals surface area contributed by atoms with Gasteiger partial charge in [0, 0.05) is 11.3 Å². The van der Waals surface area contributed by atoms with Gasteiger partial charge in [-0.25, -0.2) is 0 Å². The molecule has 1 unspecified atom stereocenters. The van der Waals surface area contributed by atoms with Crippen LogP contribution in [0.5, 0.6) is 5.75 Å². The minimum atomic E-state index is -0.953. The highest BCUT2D eigenvalue weighted by atomic mass is 16.5. The van der Waals surface area contributed by atoms with Crippen LogP contribution in [0, 0.1) is 0 Å². The summed E-state index contributed by atoms with van der Waals surface area (Å²) in [6.07, 6.45) is 3.60. The van der Waals surface area contributed by atoms with Crippen LogP contribution in [0.2, 0.25) is 0 Å². The van der Waals surface area contributed by atoms with Crippen LogP contribution < -0.4 is 10.5 Å². The van der Waals surface area contributed by atoms with E-state index < -0.39 is 5.60 Å². The van der Waals surface area contributed by atoms with E-state index in [0.29, 0.717) is 6.42 Å². The maximum atomic E-state index is 11.3. The molecular formula is C18H19NO2. The Morgan fingerprint density at radius 3 is 2.86 bits per heavy atom. The fourth-order valence-electron chi connectivity index (χ4n) is 3.67. The first-order chi connectivity index (χ1) is 10.2. The van der Waals surface area contributed by atoms with Crippen molar-refractivity contribution in [1.82, 2.24) is 0 Å². The second-order valence-corrected chi connectivity index (χ2v) is 6.02. The van der Waals surface area contributed by atoms with Crippen molar-refractivity contribution in [2.45, 2.75) is 31.3 Å². The molecule has 2 aromatic rings. The van der Waals surface area contributed by atoms with Gasteiger partial charge in [-0.3, -0.25) is 0 Å². The van der Waals surface area contributed by atoms with Crippen LogP contribution in [0.1, 0.15) is 35.1 Å². The Balaban J connectivity index is 1.88. The van der Waals surface area contributed by atoms with Crippen molar-refractivity contribution < 1.29 is 9.84 Å². The number of aliphatic hydroxyl groups is 1. The molecule has 108 valence electrons. The Hall–Kier alpha value is -2.00. The Morgan fingerprint density at radius 2 is 1.95 bits per heavy atom. The summed E-state index contributed by atoms with van der Waals surface area (Å²) in [6.45, 7) is 0.731. The molecule has 4 rings (SSSR count). The van der Waals surface area contributed by atoms with Crippen LogP contribution in [-0.4, -0.2) is 11.7 Å². The van der Waals surface area contributed by atoms with E-state index in [1.165, 1.54) is 5.56 Å². The quantitative estimate of drug-likeness (QED) is 0.790. The lowest BCUT2D eigenvalue weighted by atomic mass is 9.85. The maximum Gasteiger partial charge on any atom is 0.128 e. The molecule has 3 N–H and O–H groups in total. The average molecular weight is 281 g/mol. The second-order valence-electron chi connectivity index (χ2n) is 6.02. The molecule has 3 heteroatoms. The first kappa shape index (κ1) is 12.7. The molecule has 2 aromatic carbocycles. The van der Waals surface area contributed by atoms with E-state index in [9.17, 15) is 5.11 Å². The van der Waals surface area contributed by atoms with Gasteiger partial charge < -0.3 is 15.6 Å². The van der Waals surface area contributed by atoms with E-state index in [2.05, 4.69) is 6.07 Å². The minimum Gasteiger partial charge on any atom is -0.493 e. The highest BCUT2D eigenvalue weighted by molar-refractivity contribution is 5.56. The predicted octanol–water partition coefficient (Wildman–Crippen LogP) is 2.78. The summed E-state index contributed by atoms with van der Waals surface area (Å²) in [6, 6.07) is 11.9. The van der Waals surface area contributed by atoms with Gasteiger partial charge >= 0.3 is 0 Å². The van der Waals surface area contributed by atoms with Gasteiger partial charge in [-0.1, -0.05) is 24.3 Å². The lowest BCUT2D eigenvalue weighted by Crippen LogP contribution is -2.26. The summed E-state index contributed by atoms with van der Waals surface area (Å²) < 4.78 is 5.89. The predicted molar refractivity (Wildman–Crippen MR) is 82.4 cm³/mol. The van der Waals surface area contributed by atoms with Crippen LogP contribution in [0.25, 0.3) is 0 Å². The van der Waals surface area contributed by atoms with Gasteiger partial charge in [0.2, 0.25) is 0 Å². The average Bonchev–Trinajstić information content (AvgIpc) is 2.84. The lowest BCUT2D eigenvalue weighted by Gasteiger charge is -2.30. The van der Waals surface area contributed by atoms with Gasteiger partial charge in [0.05, 0.1) is 6.61 Å². The van der Waals surface area contributed by atoms with Gasteiger partial charge in [0.1, 0.15) is 11.4 Å². The molecule has 2 aliphatic rings. The smallest absolute Gasteiger partial charge is 0.128 e. The Kier molecular flexibility index (Phi) is 2.73. The molecule has 1 aliphatic heterocycles. The molecule has 3 nitrogen and oxygen atoms in total. The summed E-state index contributed by atoms with van der Waals surface area (Å²) in [5.41, 5.74) is 9.89. The number of ether oxygens (including phenoxy) is 1. The molecule has 1 atom stereocenters. The number of hydrogen-bond acceptors (Lipinski definition) is 3. The molecule has 0 aromatic heterocycles. The zero-order chi connectivity index (χ0) is 14.4. The third-order valence-electron chi connectivity index (χ3n) is 4.71. The molecule has 0 radical (unpaired) electrons. The summed E-state index contributed by atoms with van der Waals surface area (Å²) in [4.78, 5) is 0. The number of fused-ring (bicyclic) bond motifs is 2. The van der Waals surface area contributed by atoms with Crippen LogP contribution in [-0.2, 0) is 18.4 Å². The van der Waals surface area contributed by atoms with Crippen molar-refractivity contribution in [2.75, 3.05) is 12.3 Å². The molecule has 0 spiro atoms. The second kappa shape index (κ2) is 4.50. The van der Waals surface area contributed by atoms with Crippen LogP contribution in [0.15, 0.2) is 36.4 Å². The minimum absolute atomic E-state index is 0.686. The van der Waals surface area contributed by atoms with Crippen molar-refractivity contribution in [3.63, 3.8) is 0 Å². The third-order valence-corrected chi connectivity index (χ3v) is 4.71. The van der Waals surface area contributed by atoms with E-state index in [4.69, 9.17) is 10.5 Å². The molecule has 0 fully saturated rings. The molecule has 21 heavy (non-hydrogen) atoms. The number of anilines is 1. The molecule has 0 saturated heterocycles. The number of para-hydroxylation sites is 1. The summed E-state index contributed by atoms with van der Waals surface area (Å²) in [5.74, 6) is 0.885. The number of aryl methyl sites for hydroxylation is 2. The van der Waals surface area contributed by atoms with E-state index in [0.717, 1.165) is 54.0 Å². The molecule has 1 aliphatic carbocycles. The number of nitrogens with two attached hydrogens (primary N) is 1. The van der Waals surface area contributed by atoms with Crippen molar-refractivity contribution in [3.05, 3.63) is 58.7 Å². The maximum absolute atomic E-state index is 11.3. The van der Waals surface area contributed by atoms with Crippen molar-refractivity contribution in [1.29, 1.82) is 0 Å². The Labute approximate surface area is 124 Å². The summed E-state index contributed by atoms with van der Waals surface area (Å²) in [7, 11) is 0. The first-order valence-corrected chi connectivity index (χ1v) is 7.55. The normalized spacial score (nSPS) is 23.3.